The van der Waals surface area contributed by atoms with Gasteiger partial charge in [0.25, 0.3) is 0 Å². The van der Waals surface area contributed by atoms with E-state index in [0.717, 1.165) is 25.7 Å². The highest BCUT2D eigenvalue weighted by Gasteiger charge is 2.51. The van der Waals surface area contributed by atoms with Crippen LogP contribution in [0.4, 0.5) is 0 Å². The number of nitrogens with two attached hydrogens (primary N) is 1. The molecule has 4 N–H and O–H groups in total. The molecule has 5 nitrogen and oxygen atoms in total. The van der Waals surface area contributed by atoms with Crippen molar-refractivity contribution in [3.63, 3.8) is 0 Å². The summed E-state index contributed by atoms with van der Waals surface area (Å²) < 4.78 is 0. The molecule has 0 aromatic rings. The normalized spacial score (nSPS) is 42.6. The third kappa shape index (κ3) is 1.78. The summed E-state index contributed by atoms with van der Waals surface area (Å²) in [4.78, 5) is 14.2. The molecule has 0 aromatic carbocycles. The molecule has 18 heavy (non-hydrogen) atoms. The summed E-state index contributed by atoms with van der Waals surface area (Å²) in [5.74, 6) is 0.482. The van der Waals surface area contributed by atoms with E-state index in [4.69, 9.17) is 5.73 Å². The molecule has 3 aliphatic rings. The number of carbonyl (C=O) groups is 1. The van der Waals surface area contributed by atoms with Crippen LogP contribution in [-0.2, 0) is 4.79 Å². The Morgan fingerprint density at radius 1 is 1.22 bits per heavy atom. The molecule has 5 atom stereocenters. The Bertz CT molecular complexity index is 350. The number of hydrogen-bond donors (Lipinski definition) is 3. The van der Waals surface area contributed by atoms with Crippen LogP contribution in [0.1, 0.15) is 32.1 Å². The first-order valence-electron chi connectivity index (χ1n) is 7.02. The van der Waals surface area contributed by atoms with Crippen LogP contribution in [0.3, 0.4) is 0 Å². The minimum atomic E-state index is -1.42. The van der Waals surface area contributed by atoms with E-state index in [2.05, 4.69) is 0 Å². The topological polar surface area (TPSA) is 86.8 Å². The highest BCUT2D eigenvalue weighted by Crippen LogP contribution is 2.48. The van der Waals surface area contributed by atoms with E-state index < -0.39 is 13.1 Å². The third-order valence-corrected chi connectivity index (χ3v) is 5.19. The fourth-order valence-electron chi connectivity index (χ4n) is 4.27. The highest BCUT2D eigenvalue weighted by molar-refractivity contribution is 6.43. The number of hydrogen-bond acceptors (Lipinski definition) is 4. The van der Waals surface area contributed by atoms with Gasteiger partial charge >= 0.3 is 7.12 Å². The second-order valence-electron chi connectivity index (χ2n) is 6.09. The van der Waals surface area contributed by atoms with Gasteiger partial charge < -0.3 is 20.7 Å². The van der Waals surface area contributed by atoms with Gasteiger partial charge in [-0.2, -0.15) is 0 Å². The van der Waals surface area contributed by atoms with Crippen LogP contribution >= 0.6 is 0 Å². The van der Waals surface area contributed by atoms with E-state index in [0.29, 0.717) is 24.8 Å². The van der Waals surface area contributed by atoms with Crippen molar-refractivity contribution in [3.05, 3.63) is 0 Å². The molecule has 0 aromatic heterocycles. The Morgan fingerprint density at radius 2 is 1.94 bits per heavy atom. The van der Waals surface area contributed by atoms with Crippen LogP contribution in [0.2, 0.25) is 0 Å². The van der Waals surface area contributed by atoms with Crippen molar-refractivity contribution in [1.29, 1.82) is 0 Å². The van der Waals surface area contributed by atoms with Crippen LogP contribution < -0.4 is 5.73 Å². The maximum absolute atomic E-state index is 12.6. The summed E-state index contributed by atoms with van der Waals surface area (Å²) in [5.41, 5.74) is 6.18. The van der Waals surface area contributed by atoms with Crippen molar-refractivity contribution in [2.45, 2.75) is 44.1 Å². The molecule has 0 radical (unpaired) electrons. The zero-order valence-electron chi connectivity index (χ0n) is 10.5. The largest absolute Gasteiger partial charge is 0.475 e. The van der Waals surface area contributed by atoms with Gasteiger partial charge in [0.2, 0.25) is 5.91 Å². The smallest absolute Gasteiger partial charge is 0.426 e. The Morgan fingerprint density at radius 3 is 2.56 bits per heavy atom. The van der Waals surface area contributed by atoms with Gasteiger partial charge in [-0.25, -0.2) is 0 Å². The molecule has 0 spiro atoms. The van der Waals surface area contributed by atoms with E-state index in [1.807, 2.05) is 0 Å². The minimum Gasteiger partial charge on any atom is -0.426 e. The lowest BCUT2D eigenvalue weighted by atomic mass is 9.76. The summed E-state index contributed by atoms with van der Waals surface area (Å²) >= 11 is 0. The molecule has 3 unspecified atom stereocenters. The number of amides is 1. The Labute approximate surface area is 107 Å². The standard InChI is InChI=1S/C12H21BN2O3/c14-11-8-4-3-7(6-8)10(11)12(16)15-5-1-2-9(15)13(17)18/h7-11,17-18H,1-6,14H2/t7-,8+,9?,10?,11?/m0/s1. The van der Waals surface area contributed by atoms with E-state index in [-0.39, 0.29) is 17.9 Å². The molecule has 2 bridgehead atoms. The fourth-order valence-corrected chi connectivity index (χ4v) is 4.27. The number of nitrogens with zero attached hydrogens (tertiary/aromatic N) is 1. The molecule has 3 fully saturated rings. The van der Waals surface area contributed by atoms with Crippen LogP contribution in [0.15, 0.2) is 0 Å². The average Bonchev–Trinajstić information content (AvgIpc) is 3.03. The Hall–Kier alpha value is -0.585. The summed E-state index contributed by atoms with van der Waals surface area (Å²) in [6, 6.07) is -0.0201. The van der Waals surface area contributed by atoms with Gasteiger partial charge in [-0.05, 0) is 43.9 Å². The van der Waals surface area contributed by atoms with E-state index >= 15 is 0 Å². The predicted octanol–water partition coefficient (Wildman–Crippen LogP) is -0.637. The number of likely N-dealkylation sites (tertiary alicyclic amines) is 1. The first kappa shape index (κ1) is 12.4. The van der Waals surface area contributed by atoms with Crippen LogP contribution in [0.25, 0.3) is 0 Å². The summed E-state index contributed by atoms with van der Waals surface area (Å²) in [6.45, 7) is 0.641. The molecule has 2 saturated carbocycles. The van der Waals surface area contributed by atoms with Crippen molar-refractivity contribution >= 4 is 13.0 Å². The van der Waals surface area contributed by atoms with Crippen LogP contribution in [0.5, 0.6) is 0 Å². The quantitative estimate of drug-likeness (QED) is 0.571. The number of fused-ring (bicyclic) bond motifs is 2. The fraction of sp³-hybridized carbons (Fsp3) is 0.917. The maximum atomic E-state index is 12.6. The molecule has 1 heterocycles. The zero-order chi connectivity index (χ0) is 12.9. The van der Waals surface area contributed by atoms with Crippen molar-refractivity contribution in [2.75, 3.05) is 6.54 Å². The molecule has 1 aliphatic heterocycles. The average molecular weight is 252 g/mol. The number of rotatable bonds is 2. The molecule has 6 heteroatoms. The van der Waals surface area contributed by atoms with Gasteiger partial charge in [-0.3, -0.25) is 4.79 Å². The predicted molar refractivity (Wildman–Crippen MR) is 67.2 cm³/mol. The van der Waals surface area contributed by atoms with Crippen molar-refractivity contribution in [1.82, 2.24) is 4.90 Å². The molecule has 2 aliphatic carbocycles. The molecule has 100 valence electrons. The van der Waals surface area contributed by atoms with Crippen LogP contribution in [-0.4, -0.2) is 46.5 Å². The van der Waals surface area contributed by atoms with Crippen molar-refractivity contribution < 1.29 is 14.8 Å². The summed E-state index contributed by atoms with van der Waals surface area (Å²) in [7, 11) is -1.42. The van der Waals surface area contributed by atoms with E-state index in [1.165, 1.54) is 0 Å². The second kappa shape index (κ2) is 4.51. The lowest BCUT2D eigenvalue weighted by Crippen LogP contribution is -2.52. The summed E-state index contributed by atoms with van der Waals surface area (Å²) in [5, 5.41) is 18.7. The number of carbonyl (C=O) groups excluding carboxylic acids is 1. The van der Waals surface area contributed by atoms with Crippen molar-refractivity contribution in [3.8, 4) is 0 Å². The molecule has 3 rings (SSSR count). The lowest BCUT2D eigenvalue weighted by Gasteiger charge is -2.33. The first-order valence-corrected chi connectivity index (χ1v) is 7.02. The lowest BCUT2D eigenvalue weighted by molar-refractivity contribution is -0.137. The Kier molecular flexibility index (Phi) is 3.12. The van der Waals surface area contributed by atoms with Crippen LogP contribution in [0, 0.1) is 17.8 Å². The Balaban J connectivity index is 1.74. The SMILES string of the molecule is NC1C(C(=O)N2CCCC2B(O)O)[C@H]2CC[C@@H]1C2. The monoisotopic (exact) mass is 252 g/mol. The van der Waals surface area contributed by atoms with Gasteiger partial charge in [0.1, 0.15) is 0 Å². The minimum absolute atomic E-state index is 0.0201. The van der Waals surface area contributed by atoms with Crippen molar-refractivity contribution in [2.24, 2.45) is 23.5 Å². The van der Waals surface area contributed by atoms with E-state index in [1.54, 1.807) is 4.90 Å². The molecular weight excluding hydrogens is 231 g/mol. The van der Waals surface area contributed by atoms with Gasteiger partial charge in [0.15, 0.2) is 0 Å². The molecule has 1 amide bonds. The van der Waals surface area contributed by atoms with Gasteiger partial charge in [-0.15, -0.1) is 0 Å². The van der Waals surface area contributed by atoms with Gasteiger partial charge in [0, 0.05) is 12.6 Å². The molecule has 1 saturated heterocycles. The van der Waals surface area contributed by atoms with Gasteiger partial charge in [-0.1, -0.05) is 0 Å². The third-order valence-electron chi connectivity index (χ3n) is 5.19. The maximum Gasteiger partial charge on any atom is 0.475 e. The molecular formula is C12H21BN2O3. The summed E-state index contributed by atoms with van der Waals surface area (Å²) in [6.07, 6.45) is 4.87. The van der Waals surface area contributed by atoms with Gasteiger partial charge in [0.05, 0.1) is 11.9 Å². The first-order chi connectivity index (χ1) is 8.59. The second-order valence-corrected chi connectivity index (χ2v) is 6.09. The zero-order valence-corrected chi connectivity index (χ0v) is 10.5. The highest BCUT2D eigenvalue weighted by atomic mass is 16.4. The van der Waals surface area contributed by atoms with E-state index in [9.17, 15) is 14.8 Å².